The molecule has 1 aliphatic heterocycles. The Labute approximate surface area is 194 Å². The van der Waals surface area contributed by atoms with Crippen LogP contribution in [0.3, 0.4) is 0 Å². The molecule has 1 saturated heterocycles. The third kappa shape index (κ3) is 6.36. The Hall–Kier alpha value is -3.30. The summed E-state index contributed by atoms with van der Waals surface area (Å²) in [6, 6.07) is 3.73. The van der Waals surface area contributed by atoms with Crippen molar-refractivity contribution in [2.75, 3.05) is 51.8 Å². The molecule has 2 heterocycles. The fourth-order valence-corrected chi connectivity index (χ4v) is 3.74. The van der Waals surface area contributed by atoms with Crippen LogP contribution in [-0.2, 0) is 9.53 Å². The number of anilines is 1. The van der Waals surface area contributed by atoms with E-state index in [9.17, 15) is 9.59 Å². The minimum atomic E-state index is -0.567. The second kappa shape index (κ2) is 10.5. The van der Waals surface area contributed by atoms with Gasteiger partial charge in [-0.05, 0) is 33.3 Å². The quantitative estimate of drug-likeness (QED) is 0.703. The third-order valence-electron chi connectivity index (χ3n) is 5.27. The van der Waals surface area contributed by atoms with Crippen LogP contribution in [-0.4, -0.2) is 79.4 Å². The fraction of sp³-hybridized carbons (Fsp3) is 0.565. The summed E-state index contributed by atoms with van der Waals surface area (Å²) < 4.78 is 16.0. The number of ether oxygens (including phenoxy) is 3. The first-order valence-corrected chi connectivity index (χ1v) is 11.1. The molecule has 0 spiro atoms. The highest BCUT2D eigenvalue weighted by atomic mass is 16.6. The summed E-state index contributed by atoms with van der Waals surface area (Å²) in [5, 5.41) is 3.51. The smallest absolute Gasteiger partial charge is 0.407 e. The average Bonchev–Trinajstić information content (AvgIpc) is 3.02. The fourth-order valence-electron chi connectivity index (χ4n) is 3.74. The summed E-state index contributed by atoms with van der Waals surface area (Å²) in [5.74, 6) is 2.04. The van der Waals surface area contributed by atoms with Crippen LogP contribution in [0.2, 0.25) is 0 Å². The van der Waals surface area contributed by atoms with Crippen LogP contribution in [0.5, 0.6) is 11.5 Å². The Morgan fingerprint density at radius 2 is 1.76 bits per heavy atom. The third-order valence-corrected chi connectivity index (χ3v) is 5.27. The number of alkyl carbamates (subject to hydrolysis) is 1. The van der Waals surface area contributed by atoms with E-state index >= 15 is 0 Å². The van der Waals surface area contributed by atoms with E-state index < -0.39 is 11.7 Å². The Kier molecular flexibility index (Phi) is 7.78. The van der Waals surface area contributed by atoms with Crippen molar-refractivity contribution in [3.05, 3.63) is 18.5 Å². The number of hydrogen-bond acceptors (Lipinski definition) is 8. The van der Waals surface area contributed by atoms with Crippen molar-refractivity contribution >= 4 is 28.7 Å². The van der Waals surface area contributed by atoms with Crippen LogP contribution in [0, 0.1) is 0 Å². The highest BCUT2D eigenvalue weighted by molar-refractivity contribution is 5.92. The second-order valence-electron chi connectivity index (χ2n) is 8.82. The van der Waals surface area contributed by atoms with Crippen molar-refractivity contribution in [1.82, 2.24) is 20.2 Å². The first kappa shape index (κ1) is 24.3. The molecule has 1 aliphatic rings. The molecule has 2 aromatic rings. The molecule has 2 amide bonds. The number of aromatic nitrogens is 2. The molecule has 1 aromatic carbocycles. The van der Waals surface area contributed by atoms with Crippen molar-refractivity contribution in [3.8, 4) is 11.5 Å². The number of hydrogen-bond donors (Lipinski definition) is 1. The molecule has 10 nitrogen and oxygen atoms in total. The lowest BCUT2D eigenvalue weighted by molar-refractivity contribution is -0.130. The van der Waals surface area contributed by atoms with Crippen LogP contribution < -0.4 is 19.7 Å². The molecule has 33 heavy (non-hydrogen) atoms. The van der Waals surface area contributed by atoms with Crippen LogP contribution in [0.15, 0.2) is 18.5 Å². The molecule has 0 bridgehead atoms. The minimum Gasteiger partial charge on any atom is -0.493 e. The van der Waals surface area contributed by atoms with Crippen molar-refractivity contribution in [1.29, 1.82) is 0 Å². The molecule has 1 fully saturated rings. The number of nitrogens with one attached hydrogen (secondary N) is 1. The molecule has 180 valence electrons. The largest absolute Gasteiger partial charge is 0.493 e. The van der Waals surface area contributed by atoms with Gasteiger partial charge in [-0.15, -0.1) is 0 Å². The van der Waals surface area contributed by atoms with Gasteiger partial charge in [-0.25, -0.2) is 14.8 Å². The number of rotatable bonds is 6. The Morgan fingerprint density at radius 1 is 1.03 bits per heavy atom. The summed E-state index contributed by atoms with van der Waals surface area (Å²) in [6.45, 7) is 8.28. The van der Waals surface area contributed by atoms with E-state index in [2.05, 4.69) is 20.2 Å². The van der Waals surface area contributed by atoms with Crippen molar-refractivity contribution in [2.45, 2.75) is 39.2 Å². The van der Waals surface area contributed by atoms with E-state index in [4.69, 9.17) is 14.2 Å². The van der Waals surface area contributed by atoms with E-state index in [1.807, 2.05) is 17.0 Å². The maximum atomic E-state index is 12.7. The van der Waals surface area contributed by atoms with Gasteiger partial charge in [-0.1, -0.05) is 0 Å². The Balaban J connectivity index is 1.62. The molecular weight excluding hydrogens is 426 g/mol. The van der Waals surface area contributed by atoms with Crippen molar-refractivity contribution in [2.24, 2.45) is 0 Å². The minimum absolute atomic E-state index is 0.00635. The van der Waals surface area contributed by atoms with Crippen molar-refractivity contribution in [3.63, 3.8) is 0 Å². The van der Waals surface area contributed by atoms with Gasteiger partial charge < -0.3 is 29.3 Å². The predicted octanol–water partition coefficient (Wildman–Crippen LogP) is 2.60. The highest BCUT2D eigenvalue weighted by Gasteiger charge is 2.22. The lowest BCUT2D eigenvalue weighted by Crippen LogP contribution is -2.38. The number of amides is 2. The first-order valence-electron chi connectivity index (χ1n) is 11.1. The average molecular weight is 460 g/mol. The monoisotopic (exact) mass is 459 g/mol. The van der Waals surface area contributed by atoms with Gasteiger partial charge in [0.1, 0.15) is 17.7 Å². The van der Waals surface area contributed by atoms with E-state index in [-0.39, 0.29) is 18.9 Å². The Bertz CT molecular complexity index is 991. The molecule has 1 aromatic heterocycles. The van der Waals surface area contributed by atoms with Gasteiger partial charge in [0.25, 0.3) is 0 Å². The van der Waals surface area contributed by atoms with E-state index in [0.29, 0.717) is 31.1 Å². The lowest BCUT2D eigenvalue weighted by atomic mass is 10.2. The maximum absolute atomic E-state index is 12.7. The molecule has 0 atom stereocenters. The zero-order valence-electron chi connectivity index (χ0n) is 20.0. The lowest BCUT2D eigenvalue weighted by Gasteiger charge is -2.24. The number of methoxy groups -OCH3 is 2. The number of benzene rings is 1. The predicted molar refractivity (Wildman–Crippen MR) is 125 cm³/mol. The van der Waals surface area contributed by atoms with Gasteiger partial charge in [0.15, 0.2) is 11.5 Å². The summed E-state index contributed by atoms with van der Waals surface area (Å²) in [5.41, 5.74) is 0.200. The van der Waals surface area contributed by atoms with Gasteiger partial charge in [-0.3, -0.25) is 4.79 Å². The maximum Gasteiger partial charge on any atom is 0.407 e. The van der Waals surface area contributed by atoms with Crippen molar-refractivity contribution < 1.29 is 23.8 Å². The highest BCUT2D eigenvalue weighted by Crippen LogP contribution is 2.34. The summed E-state index contributed by atoms with van der Waals surface area (Å²) in [7, 11) is 3.19. The van der Waals surface area contributed by atoms with Gasteiger partial charge in [0.2, 0.25) is 5.91 Å². The molecule has 1 N–H and O–H groups in total. The zero-order valence-corrected chi connectivity index (χ0v) is 20.0. The molecule has 0 radical (unpaired) electrons. The van der Waals surface area contributed by atoms with Gasteiger partial charge in [0, 0.05) is 50.6 Å². The summed E-state index contributed by atoms with van der Waals surface area (Å²) >= 11 is 0. The first-order chi connectivity index (χ1) is 15.7. The standard InChI is InChI=1S/C23H33N5O5/c1-23(2,3)33-22(30)24-8-7-20(29)27-9-6-10-28(12-11-27)21-16-13-18(31-4)19(32-5)14-17(16)25-15-26-21/h13-15H,6-12H2,1-5H3,(H,24,30). The number of carbonyl (C=O) groups excluding carboxylic acids is 2. The van der Waals surface area contributed by atoms with Crippen LogP contribution in [0.25, 0.3) is 10.9 Å². The van der Waals surface area contributed by atoms with E-state index in [0.717, 1.165) is 29.7 Å². The second-order valence-corrected chi connectivity index (χ2v) is 8.82. The number of nitrogens with zero attached hydrogens (tertiary/aromatic N) is 4. The van der Waals surface area contributed by atoms with E-state index in [1.165, 1.54) is 0 Å². The van der Waals surface area contributed by atoms with Crippen LogP contribution >= 0.6 is 0 Å². The molecule has 0 saturated carbocycles. The molecule has 0 unspecified atom stereocenters. The molecule has 3 rings (SSSR count). The van der Waals surface area contributed by atoms with Gasteiger partial charge in [-0.2, -0.15) is 0 Å². The normalized spacial score (nSPS) is 14.6. The number of fused-ring (bicyclic) bond motifs is 1. The van der Waals surface area contributed by atoms with Crippen LogP contribution in [0.4, 0.5) is 10.6 Å². The van der Waals surface area contributed by atoms with Gasteiger partial charge >= 0.3 is 6.09 Å². The number of carbonyl (C=O) groups is 2. The summed E-state index contributed by atoms with van der Waals surface area (Å²) in [6.07, 6.45) is 2.07. The molecular formula is C23H33N5O5. The van der Waals surface area contributed by atoms with Crippen LogP contribution in [0.1, 0.15) is 33.6 Å². The topological polar surface area (TPSA) is 106 Å². The molecule has 10 heteroatoms. The zero-order chi connectivity index (χ0) is 24.0. The Morgan fingerprint density at radius 3 is 2.45 bits per heavy atom. The van der Waals surface area contributed by atoms with Gasteiger partial charge in [0.05, 0.1) is 19.7 Å². The SMILES string of the molecule is COc1cc2ncnc(N3CCCN(C(=O)CCNC(=O)OC(C)(C)C)CC3)c2cc1OC. The molecule has 0 aliphatic carbocycles. The van der Waals surface area contributed by atoms with E-state index in [1.54, 1.807) is 41.3 Å². The summed E-state index contributed by atoms with van der Waals surface area (Å²) in [4.78, 5) is 37.4.